The van der Waals surface area contributed by atoms with Crippen LogP contribution in [-0.2, 0) is 9.53 Å². The topological polar surface area (TPSA) is 26.3 Å². The van der Waals surface area contributed by atoms with E-state index in [1.807, 2.05) is 66.7 Å². The molecule has 2 aromatic carbocycles. The summed E-state index contributed by atoms with van der Waals surface area (Å²) in [5.74, 6) is -0.166. The lowest BCUT2D eigenvalue weighted by Crippen LogP contribution is -2.06. The maximum atomic E-state index is 11.6. The Bertz CT molecular complexity index is 558. The van der Waals surface area contributed by atoms with Crippen LogP contribution in [0, 0.1) is 0 Å². The molecule has 0 bridgehead atoms. The molecule has 0 saturated heterocycles. The SMILES string of the molecule is COC(=O)C[C@H](/C=C/c1ccccc1)c1ccccc1. The Labute approximate surface area is 119 Å². The van der Waals surface area contributed by atoms with Crippen molar-refractivity contribution in [2.45, 2.75) is 12.3 Å². The van der Waals surface area contributed by atoms with E-state index in [2.05, 4.69) is 6.08 Å². The highest BCUT2D eigenvalue weighted by Crippen LogP contribution is 2.22. The van der Waals surface area contributed by atoms with E-state index in [0.717, 1.165) is 11.1 Å². The number of carbonyl (C=O) groups excluding carboxylic acids is 1. The molecule has 2 heteroatoms. The van der Waals surface area contributed by atoms with E-state index in [9.17, 15) is 4.79 Å². The van der Waals surface area contributed by atoms with E-state index in [1.54, 1.807) is 0 Å². The summed E-state index contributed by atoms with van der Waals surface area (Å²) in [6.45, 7) is 0. The number of benzene rings is 2. The largest absolute Gasteiger partial charge is 0.469 e. The Morgan fingerprint density at radius 1 is 1.05 bits per heavy atom. The molecule has 0 spiro atoms. The van der Waals surface area contributed by atoms with Gasteiger partial charge in [0.1, 0.15) is 0 Å². The highest BCUT2D eigenvalue weighted by Gasteiger charge is 2.13. The van der Waals surface area contributed by atoms with Crippen molar-refractivity contribution in [3.05, 3.63) is 77.9 Å². The Hall–Kier alpha value is -2.35. The van der Waals surface area contributed by atoms with Crippen molar-refractivity contribution in [2.75, 3.05) is 7.11 Å². The summed E-state index contributed by atoms with van der Waals surface area (Å²) in [7, 11) is 1.42. The lowest BCUT2D eigenvalue weighted by atomic mass is 9.94. The predicted molar refractivity (Wildman–Crippen MR) is 81.3 cm³/mol. The van der Waals surface area contributed by atoms with Crippen LogP contribution in [0.25, 0.3) is 6.08 Å². The van der Waals surface area contributed by atoms with E-state index >= 15 is 0 Å². The maximum absolute atomic E-state index is 11.6. The summed E-state index contributed by atoms with van der Waals surface area (Å²) in [5, 5.41) is 0. The summed E-state index contributed by atoms with van der Waals surface area (Å²) in [4.78, 5) is 11.6. The van der Waals surface area contributed by atoms with Crippen molar-refractivity contribution in [1.82, 2.24) is 0 Å². The predicted octanol–water partition coefficient (Wildman–Crippen LogP) is 4.05. The molecule has 0 unspecified atom stereocenters. The minimum atomic E-state index is -0.198. The van der Waals surface area contributed by atoms with Gasteiger partial charge in [0.2, 0.25) is 0 Å². The first kappa shape index (κ1) is 14.1. The normalized spacial score (nSPS) is 12.2. The molecule has 2 rings (SSSR count). The summed E-state index contributed by atoms with van der Waals surface area (Å²) in [6.07, 6.45) is 4.45. The fourth-order valence-corrected chi connectivity index (χ4v) is 2.05. The van der Waals surface area contributed by atoms with Crippen molar-refractivity contribution >= 4 is 12.0 Å². The van der Waals surface area contributed by atoms with Crippen LogP contribution in [0.1, 0.15) is 23.5 Å². The highest BCUT2D eigenvalue weighted by atomic mass is 16.5. The van der Waals surface area contributed by atoms with Crippen LogP contribution in [0.2, 0.25) is 0 Å². The van der Waals surface area contributed by atoms with Crippen molar-refractivity contribution in [1.29, 1.82) is 0 Å². The average molecular weight is 266 g/mol. The van der Waals surface area contributed by atoms with Crippen LogP contribution in [0.5, 0.6) is 0 Å². The van der Waals surface area contributed by atoms with Gasteiger partial charge in [0, 0.05) is 5.92 Å². The van der Waals surface area contributed by atoms with Crippen molar-refractivity contribution in [2.24, 2.45) is 0 Å². The average Bonchev–Trinajstić information content (AvgIpc) is 2.53. The number of carbonyl (C=O) groups is 1. The summed E-state index contributed by atoms with van der Waals surface area (Å²) >= 11 is 0. The summed E-state index contributed by atoms with van der Waals surface area (Å²) in [5.41, 5.74) is 2.24. The van der Waals surface area contributed by atoms with Gasteiger partial charge in [0.05, 0.1) is 13.5 Å². The molecular weight excluding hydrogens is 248 g/mol. The second kappa shape index (κ2) is 7.29. The summed E-state index contributed by atoms with van der Waals surface area (Å²) in [6, 6.07) is 20.1. The molecule has 0 amide bonds. The monoisotopic (exact) mass is 266 g/mol. The van der Waals surface area contributed by atoms with Gasteiger partial charge >= 0.3 is 5.97 Å². The zero-order valence-corrected chi connectivity index (χ0v) is 11.5. The minimum absolute atomic E-state index is 0.0313. The second-order valence-corrected chi connectivity index (χ2v) is 4.57. The van der Waals surface area contributed by atoms with E-state index < -0.39 is 0 Å². The van der Waals surface area contributed by atoms with Crippen molar-refractivity contribution in [3.63, 3.8) is 0 Å². The quantitative estimate of drug-likeness (QED) is 0.763. The van der Waals surface area contributed by atoms with Crippen LogP contribution in [0.3, 0.4) is 0 Å². The Kier molecular flexibility index (Phi) is 5.13. The zero-order chi connectivity index (χ0) is 14.2. The van der Waals surface area contributed by atoms with Crippen molar-refractivity contribution < 1.29 is 9.53 Å². The lowest BCUT2D eigenvalue weighted by Gasteiger charge is -2.11. The van der Waals surface area contributed by atoms with Crippen LogP contribution in [0.4, 0.5) is 0 Å². The minimum Gasteiger partial charge on any atom is -0.469 e. The molecule has 0 radical (unpaired) electrons. The van der Waals surface area contributed by atoms with Gasteiger partial charge in [0.25, 0.3) is 0 Å². The lowest BCUT2D eigenvalue weighted by molar-refractivity contribution is -0.140. The third-order valence-corrected chi connectivity index (χ3v) is 3.16. The number of ether oxygens (including phenoxy) is 1. The molecule has 20 heavy (non-hydrogen) atoms. The number of allylic oxidation sites excluding steroid dienone is 1. The van der Waals surface area contributed by atoms with Crippen LogP contribution in [-0.4, -0.2) is 13.1 Å². The van der Waals surface area contributed by atoms with Crippen LogP contribution < -0.4 is 0 Å². The fraction of sp³-hybridized carbons (Fsp3) is 0.167. The van der Waals surface area contributed by atoms with E-state index in [-0.39, 0.29) is 11.9 Å². The number of rotatable bonds is 5. The third kappa shape index (κ3) is 4.09. The third-order valence-electron chi connectivity index (χ3n) is 3.16. The molecule has 1 atom stereocenters. The molecule has 0 N–H and O–H groups in total. The number of hydrogen-bond donors (Lipinski definition) is 0. The van der Waals surface area contributed by atoms with Crippen molar-refractivity contribution in [3.8, 4) is 0 Å². The molecule has 2 aromatic rings. The van der Waals surface area contributed by atoms with E-state index in [4.69, 9.17) is 4.74 Å². The van der Waals surface area contributed by atoms with Gasteiger partial charge in [-0.25, -0.2) is 0 Å². The number of hydrogen-bond acceptors (Lipinski definition) is 2. The van der Waals surface area contributed by atoms with Gasteiger partial charge in [-0.15, -0.1) is 0 Å². The standard InChI is InChI=1S/C18H18O2/c1-20-18(19)14-17(16-10-6-3-7-11-16)13-12-15-8-4-2-5-9-15/h2-13,17H,14H2,1H3/b13-12+/t17-/m0/s1. The van der Waals surface area contributed by atoms with Gasteiger partial charge in [-0.1, -0.05) is 72.8 Å². The molecule has 2 nitrogen and oxygen atoms in total. The van der Waals surface area contributed by atoms with Gasteiger partial charge in [-0.2, -0.15) is 0 Å². The van der Waals surface area contributed by atoms with E-state index in [1.165, 1.54) is 7.11 Å². The molecule has 102 valence electrons. The molecule has 0 heterocycles. The second-order valence-electron chi connectivity index (χ2n) is 4.57. The maximum Gasteiger partial charge on any atom is 0.306 e. The summed E-state index contributed by atoms with van der Waals surface area (Å²) < 4.78 is 4.78. The van der Waals surface area contributed by atoms with Gasteiger partial charge < -0.3 is 4.74 Å². The Morgan fingerprint density at radius 3 is 2.25 bits per heavy atom. The van der Waals surface area contributed by atoms with Gasteiger partial charge in [-0.05, 0) is 11.1 Å². The van der Waals surface area contributed by atoms with E-state index in [0.29, 0.717) is 6.42 Å². The number of methoxy groups -OCH3 is 1. The van der Waals surface area contributed by atoms with Crippen LogP contribution in [0.15, 0.2) is 66.7 Å². The number of esters is 1. The van der Waals surface area contributed by atoms with Gasteiger partial charge in [-0.3, -0.25) is 4.79 Å². The highest BCUT2D eigenvalue weighted by molar-refractivity contribution is 5.71. The molecule has 0 aliphatic rings. The molecule has 0 saturated carbocycles. The Morgan fingerprint density at radius 2 is 1.65 bits per heavy atom. The Balaban J connectivity index is 2.19. The molecule has 0 fully saturated rings. The van der Waals surface area contributed by atoms with Crippen LogP contribution >= 0.6 is 0 Å². The first-order valence-electron chi connectivity index (χ1n) is 6.64. The molecule has 0 aromatic heterocycles. The fourth-order valence-electron chi connectivity index (χ4n) is 2.05. The smallest absolute Gasteiger partial charge is 0.306 e. The molecule has 0 aliphatic heterocycles. The van der Waals surface area contributed by atoms with Gasteiger partial charge in [0.15, 0.2) is 0 Å². The zero-order valence-electron chi connectivity index (χ0n) is 11.5. The first-order valence-corrected chi connectivity index (χ1v) is 6.64. The molecule has 0 aliphatic carbocycles. The first-order chi connectivity index (χ1) is 9.79. The molecular formula is C18H18O2.